The molecule has 0 spiro atoms. The normalized spacial score (nSPS) is 26.9. The fourth-order valence-corrected chi connectivity index (χ4v) is 3.29. The molecule has 0 saturated heterocycles. The Morgan fingerprint density at radius 1 is 1.68 bits per heavy atom. The highest BCUT2D eigenvalue weighted by molar-refractivity contribution is 14.1. The first kappa shape index (κ1) is 14.8. The van der Waals surface area contributed by atoms with Crippen LogP contribution in [0.3, 0.4) is 0 Å². The second kappa shape index (κ2) is 5.78. The van der Waals surface area contributed by atoms with E-state index in [4.69, 9.17) is 4.74 Å². The van der Waals surface area contributed by atoms with Crippen LogP contribution >= 0.6 is 22.6 Å². The molecule has 1 heterocycles. The number of methoxy groups -OCH3 is 1. The van der Waals surface area contributed by atoms with Gasteiger partial charge in [0.15, 0.2) is 0 Å². The molecule has 0 amide bonds. The maximum atomic E-state index is 12.1. The molecule has 1 aliphatic carbocycles. The van der Waals surface area contributed by atoms with Crippen LogP contribution in [0.25, 0.3) is 0 Å². The number of carbonyl (C=O) groups excluding carboxylic acids is 1. The van der Waals surface area contributed by atoms with Crippen LogP contribution in [-0.2, 0) is 9.53 Å². The van der Waals surface area contributed by atoms with Gasteiger partial charge in [0.05, 0.1) is 22.9 Å². The molecule has 106 valence electrons. The zero-order valence-electron chi connectivity index (χ0n) is 11.5. The molecule has 5 nitrogen and oxygen atoms in total. The van der Waals surface area contributed by atoms with Crippen LogP contribution in [0.5, 0.6) is 0 Å². The van der Waals surface area contributed by atoms with Crippen LogP contribution in [-0.4, -0.2) is 34.4 Å². The molecule has 1 aromatic rings. The van der Waals surface area contributed by atoms with Gasteiger partial charge in [0.25, 0.3) is 0 Å². The Labute approximate surface area is 127 Å². The van der Waals surface area contributed by atoms with Gasteiger partial charge < -0.3 is 4.74 Å². The quantitative estimate of drug-likeness (QED) is 0.645. The van der Waals surface area contributed by atoms with Crippen molar-refractivity contribution >= 4 is 28.6 Å². The highest BCUT2D eigenvalue weighted by atomic mass is 127. The summed E-state index contributed by atoms with van der Waals surface area (Å²) in [5, 5.41) is 7.75. The van der Waals surface area contributed by atoms with E-state index in [-0.39, 0.29) is 18.1 Å². The Morgan fingerprint density at radius 2 is 2.42 bits per heavy atom. The number of aromatic nitrogens is 2. The highest BCUT2D eigenvalue weighted by Gasteiger charge is 2.47. The fraction of sp³-hybridized carbons (Fsp3) is 0.692. The van der Waals surface area contributed by atoms with Gasteiger partial charge in [-0.15, -0.1) is 0 Å². The smallest absolute Gasteiger partial charge is 0.326 e. The minimum absolute atomic E-state index is 0.162. The molecule has 1 N–H and O–H groups in total. The number of nitrogens with zero attached hydrogens (tertiary/aromatic N) is 2. The van der Waals surface area contributed by atoms with Crippen molar-refractivity contribution in [2.24, 2.45) is 0 Å². The molecule has 1 saturated carbocycles. The second-order valence-electron chi connectivity index (χ2n) is 5.41. The molecule has 0 radical (unpaired) electrons. The van der Waals surface area contributed by atoms with Crippen LogP contribution in [0.15, 0.2) is 12.4 Å². The molecule has 2 atom stereocenters. The summed E-state index contributed by atoms with van der Waals surface area (Å²) >= 11 is 2.25. The van der Waals surface area contributed by atoms with E-state index in [2.05, 4.69) is 46.9 Å². The van der Waals surface area contributed by atoms with Gasteiger partial charge in [-0.25, -0.2) is 0 Å². The molecule has 0 bridgehead atoms. The van der Waals surface area contributed by atoms with Gasteiger partial charge in [-0.2, -0.15) is 5.10 Å². The molecule has 19 heavy (non-hydrogen) atoms. The lowest BCUT2D eigenvalue weighted by Crippen LogP contribution is -2.53. The number of esters is 1. The third-order valence-electron chi connectivity index (χ3n) is 3.57. The van der Waals surface area contributed by atoms with E-state index < -0.39 is 5.54 Å². The SMILES string of the molecule is COC(=O)C1(NC(C)C)CCC(n2cc(I)cn2)C1. The van der Waals surface area contributed by atoms with E-state index in [1.807, 2.05) is 17.1 Å². The number of nitrogens with one attached hydrogen (secondary N) is 1. The Hall–Kier alpha value is -0.630. The van der Waals surface area contributed by atoms with Crippen LogP contribution < -0.4 is 5.32 Å². The van der Waals surface area contributed by atoms with E-state index in [1.54, 1.807) is 0 Å². The van der Waals surface area contributed by atoms with Gasteiger partial charge in [-0.1, -0.05) is 0 Å². The summed E-state index contributed by atoms with van der Waals surface area (Å²) in [6, 6.07) is 0.504. The van der Waals surface area contributed by atoms with Crippen molar-refractivity contribution in [1.29, 1.82) is 0 Å². The number of hydrogen-bond acceptors (Lipinski definition) is 4. The zero-order chi connectivity index (χ0) is 14.0. The molecular weight excluding hydrogens is 357 g/mol. The molecule has 1 aliphatic rings. The summed E-state index contributed by atoms with van der Waals surface area (Å²) in [6.45, 7) is 4.10. The molecule has 2 unspecified atom stereocenters. The van der Waals surface area contributed by atoms with E-state index in [1.165, 1.54) is 7.11 Å². The van der Waals surface area contributed by atoms with Crippen LogP contribution in [0.2, 0.25) is 0 Å². The summed E-state index contributed by atoms with van der Waals surface area (Å²) in [4.78, 5) is 12.1. The highest BCUT2D eigenvalue weighted by Crippen LogP contribution is 2.38. The van der Waals surface area contributed by atoms with Gasteiger partial charge in [0.2, 0.25) is 0 Å². The van der Waals surface area contributed by atoms with Crippen molar-refractivity contribution < 1.29 is 9.53 Å². The molecular formula is C13H20IN3O2. The average molecular weight is 377 g/mol. The summed E-state index contributed by atoms with van der Waals surface area (Å²) in [7, 11) is 1.45. The van der Waals surface area contributed by atoms with E-state index in [0.29, 0.717) is 0 Å². The van der Waals surface area contributed by atoms with Crippen molar-refractivity contribution in [2.45, 2.75) is 50.7 Å². The second-order valence-corrected chi connectivity index (χ2v) is 6.65. The number of carbonyl (C=O) groups is 1. The molecule has 6 heteroatoms. The minimum Gasteiger partial charge on any atom is -0.468 e. The first-order valence-electron chi connectivity index (χ1n) is 6.52. The summed E-state index contributed by atoms with van der Waals surface area (Å²) < 4.78 is 8.08. The van der Waals surface area contributed by atoms with Crippen molar-refractivity contribution in [2.75, 3.05) is 7.11 Å². The number of halogens is 1. The minimum atomic E-state index is -0.565. The predicted octanol–water partition coefficient (Wildman–Crippen LogP) is 2.12. The van der Waals surface area contributed by atoms with Crippen LogP contribution in [0, 0.1) is 3.57 Å². The number of rotatable bonds is 4. The molecule has 0 aliphatic heterocycles. The van der Waals surface area contributed by atoms with Crippen molar-refractivity contribution in [3.63, 3.8) is 0 Å². The summed E-state index contributed by atoms with van der Waals surface area (Å²) in [6.07, 6.45) is 6.32. The van der Waals surface area contributed by atoms with Crippen molar-refractivity contribution in [3.8, 4) is 0 Å². The van der Waals surface area contributed by atoms with Crippen molar-refractivity contribution in [3.05, 3.63) is 16.0 Å². The maximum Gasteiger partial charge on any atom is 0.326 e. The van der Waals surface area contributed by atoms with Gasteiger partial charge in [-0.05, 0) is 55.7 Å². The van der Waals surface area contributed by atoms with Crippen molar-refractivity contribution in [1.82, 2.24) is 15.1 Å². The van der Waals surface area contributed by atoms with E-state index in [9.17, 15) is 4.79 Å². The average Bonchev–Trinajstić information content (AvgIpc) is 2.95. The standard InChI is InChI=1S/C13H20IN3O2/c1-9(2)16-13(12(18)19-3)5-4-11(6-13)17-8-10(14)7-15-17/h7-9,11,16H,4-6H2,1-3H3. The van der Waals surface area contributed by atoms with Gasteiger partial charge in [0.1, 0.15) is 5.54 Å². The predicted molar refractivity (Wildman–Crippen MR) is 80.9 cm³/mol. The fourth-order valence-electron chi connectivity index (χ4n) is 2.88. The van der Waals surface area contributed by atoms with E-state index >= 15 is 0 Å². The maximum absolute atomic E-state index is 12.1. The van der Waals surface area contributed by atoms with Gasteiger partial charge >= 0.3 is 5.97 Å². The lowest BCUT2D eigenvalue weighted by atomic mass is 9.96. The number of ether oxygens (including phenoxy) is 1. The molecule has 1 fully saturated rings. The Kier molecular flexibility index (Phi) is 4.50. The topological polar surface area (TPSA) is 56.1 Å². The van der Waals surface area contributed by atoms with Gasteiger partial charge in [-0.3, -0.25) is 14.8 Å². The lowest BCUT2D eigenvalue weighted by molar-refractivity contribution is -0.148. The van der Waals surface area contributed by atoms with E-state index in [0.717, 1.165) is 22.8 Å². The summed E-state index contributed by atoms with van der Waals surface area (Å²) in [5.74, 6) is -0.162. The van der Waals surface area contributed by atoms with Crippen LogP contribution in [0.4, 0.5) is 0 Å². The van der Waals surface area contributed by atoms with Gasteiger partial charge in [0, 0.05) is 12.2 Å². The molecule has 2 rings (SSSR count). The van der Waals surface area contributed by atoms with Crippen LogP contribution in [0.1, 0.15) is 39.2 Å². The third-order valence-corrected chi connectivity index (χ3v) is 4.13. The largest absolute Gasteiger partial charge is 0.468 e. The monoisotopic (exact) mass is 377 g/mol. The lowest BCUT2D eigenvalue weighted by Gasteiger charge is -2.30. The summed E-state index contributed by atoms with van der Waals surface area (Å²) in [5.41, 5.74) is -0.565. The first-order chi connectivity index (χ1) is 8.97. The molecule has 0 aromatic carbocycles. The number of hydrogen-bond donors (Lipinski definition) is 1. The Morgan fingerprint density at radius 3 is 2.95 bits per heavy atom. The third kappa shape index (κ3) is 3.10. The Bertz CT molecular complexity index is 460. The zero-order valence-corrected chi connectivity index (χ0v) is 13.7. The Balaban J connectivity index is 2.17. The molecule has 1 aromatic heterocycles. The first-order valence-corrected chi connectivity index (χ1v) is 7.60.